The minimum atomic E-state index is -0.208. The summed E-state index contributed by atoms with van der Waals surface area (Å²) >= 11 is 0. The molecule has 0 radical (unpaired) electrons. The van der Waals surface area contributed by atoms with Gasteiger partial charge in [-0.15, -0.1) is 0 Å². The first-order valence-corrected chi connectivity index (χ1v) is 6.29. The van der Waals surface area contributed by atoms with E-state index in [2.05, 4.69) is 10.6 Å². The van der Waals surface area contributed by atoms with Crippen LogP contribution in [0.3, 0.4) is 0 Å². The van der Waals surface area contributed by atoms with Crippen molar-refractivity contribution < 1.29 is 9.59 Å². The van der Waals surface area contributed by atoms with Crippen LogP contribution in [0.5, 0.6) is 0 Å². The number of carbonyl (C=O) groups is 2. The summed E-state index contributed by atoms with van der Waals surface area (Å²) in [6, 6.07) is 6.92. The van der Waals surface area contributed by atoms with Crippen LogP contribution in [-0.4, -0.2) is 49.4 Å². The Bertz CT molecular complexity index is 475. The van der Waals surface area contributed by atoms with Crippen LogP contribution in [0.2, 0.25) is 0 Å². The second kappa shape index (κ2) is 6.19. The predicted molar refractivity (Wildman–Crippen MR) is 72.6 cm³/mol. The minimum absolute atomic E-state index is 0.0692. The maximum atomic E-state index is 11.9. The van der Waals surface area contributed by atoms with Crippen LogP contribution in [-0.2, 0) is 4.79 Å². The summed E-state index contributed by atoms with van der Waals surface area (Å²) in [4.78, 5) is 25.1. The molecule has 2 amide bonds. The Morgan fingerprint density at radius 3 is 2.95 bits per heavy atom. The van der Waals surface area contributed by atoms with Crippen molar-refractivity contribution in [3.63, 3.8) is 0 Å². The summed E-state index contributed by atoms with van der Waals surface area (Å²) in [5, 5.41) is 5.78. The van der Waals surface area contributed by atoms with E-state index in [9.17, 15) is 9.59 Å². The van der Waals surface area contributed by atoms with Gasteiger partial charge in [-0.05, 0) is 12.1 Å². The number of benzene rings is 1. The molecule has 2 rings (SSSR count). The molecule has 19 heavy (non-hydrogen) atoms. The lowest BCUT2D eigenvalue weighted by molar-refractivity contribution is -0.131. The summed E-state index contributed by atoms with van der Waals surface area (Å²) < 4.78 is 0. The molecule has 1 heterocycles. The molecule has 1 saturated heterocycles. The number of nitrogens with zero attached hydrogens (tertiary/aromatic N) is 1. The standard InChI is InChI=1S/C13H18N4O2/c14-11-4-2-1-3-10(11)13(19)16-6-8-17-7-5-15-9-12(17)18/h1-4,15H,5-9,14H2,(H,16,19). The molecule has 1 aromatic rings. The van der Waals surface area contributed by atoms with E-state index >= 15 is 0 Å². The van der Waals surface area contributed by atoms with Crippen molar-refractivity contribution >= 4 is 17.5 Å². The monoisotopic (exact) mass is 262 g/mol. The van der Waals surface area contributed by atoms with Gasteiger partial charge in [-0.25, -0.2) is 0 Å². The summed E-state index contributed by atoms with van der Waals surface area (Å²) in [6.07, 6.45) is 0. The molecule has 1 aromatic carbocycles. The molecule has 102 valence electrons. The molecular formula is C13H18N4O2. The molecule has 6 nitrogen and oxygen atoms in total. The third-order valence-corrected chi connectivity index (χ3v) is 3.06. The predicted octanol–water partition coefficient (Wildman–Crippen LogP) is -0.570. The normalized spacial score (nSPS) is 15.4. The zero-order valence-corrected chi connectivity index (χ0v) is 10.7. The smallest absolute Gasteiger partial charge is 0.253 e. The number of piperazine rings is 1. The van der Waals surface area contributed by atoms with Gasteiger partial charge in [-0.2, -0.15) is 0 Å². The van der Waals surface area contributed by atoms with Gasteiger partial charge in [0.15, 0.2) is 0 Å². The highest BCUT2D eigenvalue weighted by atomic mass is 16.2. The number of carbonyl (C=O) groups excluding carboxylic acids is 2. The average Bonchev–Trinajstić information content (AvgIpc) is 2.41. The molecule has 0 aromatic heterocycles. The lowest BCUT2D eigenvalue weighted by atomic mass is 10.1. The number of hydrogen-bond acceptors (Lipinski definition) is 4. The molecule has 0 unspecified atom stereocenters. The van der Waals surface area contributed by atoms with Crippen molar-refractivity contribution in [2.24, 2.45) is 0 Å². The number of rotatable bonds is 4. The van der Waals surface area contributed by atoms with Crippen LogP contribution in [0.25, 0.3) is 0 Å². The number of nitrogens with two attached hydrogens (primary N) is 1. The Morgan fingerprint density at radius 2 is 2.21 bits per heavy atom. The van der Waals surface area contributed by atoms with E-state index in [1.54, 1.807) is 29.2 Å². The summed E-state index contributed by atoms with van der Waals surface area (Å²) in [5.41, 5.74) is 6.65. The highest BCUT2D eigenvalue weighted by Crippen LogP contribution is 2.09. The molecule has 0 atom stereocenters. The van der Waals surface area contributed by atoms with Gasteiger partial charge in [0.1, 0.15) is 0 Å². The molecule has 0 saturated carbocycles. The van der Waals surface area contributed by atoms with Crippen LogP contribution < -0.4 is 16.4 Å². The number of nitrogens with one attached hydrogen (secondary N) is 2. The third-order valence-electron chi connectivity index (χ3n) is 3.06. The Hall–Kier alpha value is -2.08. The van der Waals surface area contributed by atoms with Crippen LogP contribution in [0.15, 0.2) is 24.3 Å². The fourth-order valence-corrected chi connectivity index (χ4v) is 1.99. The lowest BCUT2D eigenvalue weighted by Crippen LogP contribution is -2.50. The van der Waals surface area contributed by atoms with Crippen LogP contribution >= 0.6 is 0 Å². The third kappa shape index (κ3) is 3.45. The number of amides is 2. The van der Waals surface area contributed by atoms with E-state index < -0.39 is 0 Å². The molecule has 0 bridgehead atoms. The van der Waals surface area contributed by atoms with Gasteiger partial charge < -0.3 is 21.3 Å². The Balaban J connectivity index is 1.81. The van der Waals surface area contributed by atoms with Crippen LogP contribution in [0.1, 0.15) is 10.4 Å². The highest BCUT2D eigenvalue weighted by Gasteiger charge is 2.17. The quantitative estimate of drug-likeness (QED) is 0.634. The van der Waals surface area contributed by atoms with Crippen molar-refractivity contribution in [3.8, 4) is 0 Å². The first-order valence-electron chi connectivity index (χ1n) is 6.29. The topological polar surface area (TPSA) is 87.5 Å². The van der Waals surface area contributed by atoms with Gasteiger partial charge >= 0.3 is 0 Å². The van der Waals surface area contributed by atoms with Gasteiger partial charge in [0.05, 0.1) is 12.1 Å². The number of hydrogen-bond donors (Lipinski definition) is 3. The van der Waals surface area contributed by atoms with Gasteiger partial charge in [0.25, 0.3) is 5.91 Å². The van der Waals surface area contributed by atoms with Crippen molar-refractivity contribution in [2.45, 2.75) is 0 Å². The highest BCUT2D eigenvalue weighted by molar-refractivity contribution is 5.99. The molecule has 6 heteroatoms. The van der Waals surface area contributed by atoms with Gasteiger partial charge in [0, 0.05) is 31.9 Å². The fraction of sp³-hybridized carbons (Fsp3) is 0.385. The molecular weight excluding hydrogens is 244 g/mol. The molecule has 1 aliphatic heterocycles. The van der Waals surface area contributed by atoms with E-state index in [0.717, 1.165) is 6.54 Å². The zero-order valence-electron chi connectivity index (χ0n) is 10.7. The van der Waals surface area contributed by atoms with Crippen molar-refractivity contribution in [1.29, 1.82) is 0 Å². The van der Waals surface area contributed by atoms with Crippen LogP contribution in [0, 0.1) is 0 Å². The zero-order chi connectivity index (χ0) is 13.7. The molecule has 1 aliphatic rings. The van der Waals surface area contributed by atoms with E-state index in [4.69, 9.17) is 5.73 Å². The number of anilines is 1. The second-order valence-corrected chi connectivity index (χ2v) is 4.40. The lowest BCUT2D eigenvalue weighted by Gasteiger charge is -2.27. The largest absolute Gasteiger partial charge is 0.398 e. The molecule has 0 aliphatic carbocycles. The summed E-state index contributed by atoms with van der Waals surface area (Å²) in [6.45, 7) is 2.81. The molecule has 1 fully saturated rings. The first-order chi connectivity index (χ1) is 9.18. The van der Waals surface area contributed by atoms with Crippen molar-refractivity contribution in [1.82, 2.24) is 15.5 Å². The maximum Gasteiger partial charge on any atom is 0.253 e. The Labute approximate surface area is 112 Å². The van der Waals surface area contributed by atoms with E-state index in [0.29, 0.717) is 37.4 Å². The number of para-hydroxylation sites is 1. The number of nitrogen functional groups attached to an aromatic ring is 1. The van der Waals surface area contributed by atoms with Gasteiger partial charge in [0.2, 0.25) is 5.91 Å². The van der Waals surface area contributed by atoms with E-state index in [1.807, 2.05) is 0 Å². The van der Waals surface area contributed by atoms with E-state index in [1.165, 1.54) is 0 Å². The maximum absolute atomic E-state index is 11.9. The van der Waals surface area contributed by atoms with E-state index in [-0.39, 0.29) is 11.8 Å². The Kier molecular flexibility index (Phi) is 4.35. The minimum Gasteiger partial charge on any atom is -0.398 e. The Morgan fingerprint density at radius 1 is 1.42 bits per heavy atom. The molecule has 4 N–H and O–H groups in total. The second-order valence-electron chi connectivity index (χ2n) is 4.40. The van der Waals surface area contributed by atoms with Crippen molar-refractivity contribution in [3.05, 3.63) is 29.8 Å². The summed E-state index contributed by atoms with van der Waals surface area (Å²) in [5.74, 6) is -0.139. The van der Waals surface area contributed by atoms with Gasteiger partial charge in [-0.1, -0.05) is 12.1 Å². The molecule has 0 spiro atoms. The van der Waals surface area contributed by atoms with Crippen LogP contribution in [0.4, 0.5) is 5.69 Å². The fourth-order valence-electron chi connectivity index (χ4n) is 1.99. The summed E-state index contributed by atoms with van der Waals surface area (Å²) in [7, 11) is 0. The average molecular weight is 262 g/mol. The van der Waals surface area contributed by atoms with Crippen molar-refractivity contribution in [2.75, 3.05) is 38.5 Å². The SMILES string of the molecule is Nc1ccccc1C(=O)NCCN1CCNCC1=O. The van der Waals surface area contributed by atoms with Gasteiger partial charge in [-0.3, -0.25) is 9.59 Å². The first kappa shape index (κ1) is 13.4.